The normalized spacial score (nSPS) is 47.1. The van der Waals surface area contributed by atoms with E-state index in [1.807, 2.05) is 43.3 Å². The summed E-state index contributed by atoms with van der Waals surface area (Å²) in [5.41, 5.74) is -6.08. The van der Waals surface area contributed by atoms with Crippen LogP contribution < -0.4 is 0 Å². The van der Waals surface area contributed by atoms with Crippen LogP contribution >= 0.6 is 0 Å². The third-order valence-corrected chi connectivity index (χ3v) is 15.1. The van der Waals surface area contributed by atoms with E-state index in [4.69, 9.17) is 33.2 Å². The molecule has 0 radical (unpaired) electrons. The minimum Gasteiger partial charge on any atom is -0.458 e. The molecule has 16 atom stereocenters. The van der Waals surface area contributed by atoms with Gasteiger partial charge in [0.05, 0.1) is 35.9 Å². The van der Waals surface area contributed by atoms with Crippen LogP contribution in [0, 0.1) is 16.7 Å². The second-order valence-electron chi connectivity index (χ2n) is 17.9. The number of methoxy groups -OCH3 is 2. The minimum atomic E-state index is -2.02. The van der Waals surface area contributed by atoms with E-state index in [-0.39, 0.29) is 37.9 Å². The Kier molecular flexibility index (Phi) is 11.8. The number of aliphatic hydroxyl groups excluding tert-OH is 1. The Morgan fingerprint density at radius 1 is 0.877 bits per heavy atom. The van der Waals surface area contributed by atoms with Gasteiger partial charge in [0.25, 0.3) is 0 Å². The summed E-state index contributed by atoms with van der Waals surface area (Å²) in [4.78, 5) is 26.7. The summed E-state index contributed by atoms with van der Waals surface area (Å²) in [6.45, 7) is 8.69. The Morgan fingerprint density at radius 2 is 1.54 bits per heavy atom. The molecule has 3 saturated carbocycles. The Hall–Kier alpha value is -2.56. The summed E-state index contributed by atoms with van der Waals surface area (Å²) in [7, 11) is 3.20. The van der Waals surface area contributed by atoms with Crippen LogP contribution in [-0.2, 0) is 42.7 Å². The van der Waals surface area contributed by atoms with E-state index in [9.17, 15) is 30.0 Å². The van der Waals surface area contributed by atoms with Crippen LogP contribution in [0.15, 0.2) is 48.1 Å². The van der Waals surface area contributed by atoms with Crippen molar-refractivity contribution in [2.45, 2.75) is 171 Å². The van der Waals surface area contributed by atoms with Crippen molar-refractivity contribution >= 4 is 17.8 Å². The molecule has 0 unspecified atom stereocenters. The monoisotopic (exact) mass is 798 g/mol. The lowest BCUT2D eigenvalue weighted by Crippen LogP contribution is -2.78. The number of carbonyl (C=O) groups is 2. The topological polar surface area (TPSA) is 180 Å². The number of fused-ring (bicyclic) bond motifs is 5. The average molecular weight is 799 g/mol. The molecule has 2 aliphatic heterocycles. The van der Waals surface area contributed by atoms with Crippen LogP contribution in [0.2, 0.25) is 0 Å². The number of esters is 1. The molecule has 0 spiro atoms. The maximum atomic E-state index is 13.5. The van der Waals surface area contributed by atoms with Crippen molar-refractivity contribution < 1.29 is 63.2 Å². The number of carbonyl (C=O) groups excluding carboxylic acids is 2. The van der Waals surface area contributed by atoms with Gasteiger partial charge >= 0.3 is 5.97 Å². The summed E-state index contributed by atoms with van der Waals surface area (Å²) in [6.07, 6.45) is 2.49. The van der Waals surface area contributed by atoms with Gasteiger partial charge in [0, 0.05) is 39.1 Å². The molecule has 4 N–H and O–H groups in total. The second kappa shape index (κ2) is 15.8. The van der Waals surface area contributed by atoms with Crippen LogP contribution in [0.4, 0.5) is 0 Å². The fourth-order valence-corrected chi connectivity index (χ4v) is 11.6. The minimum absolute atomic E-state index is 0.0329. The number of aliphatic hydroxyl groups is 4. The van der Waals surface area contributed by atoms with E-state index < -0.39 is 94.5 Å². The fraction of sp³-hybridized carbons (Fsp3) is 0.727. The predicted molar refractivity (Wildman–Crippen MR) is 206 cm³/mol. The van der Waals surface area contributed by atoms with E-state index in [0.29, 0.717) is 32.1 Å². The van der Waals surface area contributed by atoms with E-state index >= 15 is 0 Å². The van der Waals surface area contributed by atoms with Gasteiger partial charge in [0.1, 0.15) is 35.1 Å². The molecule has 5 fully saturated rings. The van der Waals surface area contributed by atoms with Gasteiger partial charge in [-0.2, -0.15) is 0 Å². The summed E-state index contributed by atoms with van der Waals surface area (Å²) in [5, 5.41) is 48.1. The fourth-order valence-electron chi connectivity index (χ4n) is 11.6. The molecule has 316 valence electrons. The zero-order chi connectivity index (χ0) is 41.1. The maximum absolute atomic E-state index is 13.5. The Morgan fingerprint density at radius 3 is 2.23 bits per heavy atom. The largest absolute Gasteiger partial charge is 0.458 e. The van der Waals surface area contributed by atoms with E-state index in [1.54, 1.807) is 34.1 Å². The predicted octanol–water partition coefficient (Wildman–Crippen LogP) is 4.17. The van der Waals surface area contributed by atoms with Crippen LogP contribution in [0.25, 0.3) is 6.08 Å². The van der Waals surface area contributed by atoms with Crippen LogP contribution in [0.3, 0.4) is 0 Å². The summed E-state index contributed by atoms with van der Waals surface area (Å²) < 4.78 is 42.9. The van der Waals surface area contributed by atoms with Crippen molar-refractivity contribution in [1.82, 2.24) is 0 Å². The number of benzene rings is 1. The zero-order valence-corrected chi connectivity index (χ0v) is 34.3. The Bertz CT molecular complexity index is 1700. The van der Waals surface area contributed by atoms with Gasteiger partial charge in [-0.3, -0.25) is 4.79 Å². The third kappa shape index (κ3) is 6.97. The Labute approximate surface area is 335 Å². The van der Waals surface area contributed by atoms with Gasteiger partial charge in [-0.25, -0.2) is 4.79 Å². The molecule has 13 heteroatoms. The van der Waals surface area contributed by atoms with Gasteiger partial charge in [-0.15, -0.1) is 0 Å². The summed E-state index contributed by atoms with van der Waals surface area (Å²) in [6, 6.07) is 9.31. The molecule has 0 bridgehead atoms. The highest BCUT2D eigenvalue weighted by Crippen LogP contribution is 2.71. The molecule has 7 rings (SSSR count). The molecule has 1 aromatic rings. The van der Waals surface area contributed by atoms with Crippen LogP contribution in [-0.4, -0.2) is 125 Å². The highest BCUT2D eigenvalue weighted by Gasteiger charge is 2.81. The first-order valence-corrected chi connectivity index (χ1v) is 20.6. The zero-order valence-electron chi connectivity index (χ0n) is 34.3. The van der Waals surface area contributed by atoms with Gasteiger partial charge in [0.15, 0.2) is 18.4 Å². The van der Waals surface area contributed by atoms with Gasteiger partial charge in [-0.05, 0) is 89.7 Å². The lowest BCUT2D eigenvalue weighted by molar-refractivity contribution is -0.322. The van der Waals surface area contributed by atoms with Crippen molar-refractivity contribution in [3.63, 3.8) is 0 Å². The number of hydrogen-bond acceptors (Lipinski definition) is 13. The Balaban J connectivity index is 1.08. The quantitative estimate of drug-likeness (QED) is 0.151. The molecule has 57 heavy (non-hydrogen) atoms. The van der Waals surface area contributed by atoms with Crippen molar-refractivity contribution in [2.24, 2.45) is 16.7 Å². The molecule has 1 aromatic carbocycles. The lowest BCUT2D eigenvalue weighted by Gasteiger charge is -2.67. The molecule has 6 aliphatic rings. The maximum Gasteiger partial charge on any atom is 0.331 e. The molecule has 2 saturated heterocycles. The van der Waals surface area contributed by atoms with Crippen molar-refractivity contribution in [2.75, 3.05) is 14.2 Å². The first-order chi connectivity index (χ1) is 26.9. The molecule has 0 aromatic heterocycles. The number of Topliss-reactive ketones (excluding diaryl/α,β-unsaturated/α-hetero) is 1. The SMILES string of the molecule is CO[C@H]1C[C@H](O[C@H]2[C@@H](OC)C[C@H](O[C@H]3CC[C@@]4(C)C(=CC[C@]5(O)[C@@H]4C[C@@H](OC(=O)/C=C/c4ccccc4)[C@@]4(C)[C@]5(O)CC[C@@]4(O)C(C)=O)C3)O[C@@H]2C)O[C@@H](C)[C@H]1O. The van der Waals surface area contributed by atoms with Gasteiger partial charge < -0.3 is 53.6 Å². The van der Waals surface area contributed by atoms with Gasteiger partial charge in [0.2, 0.25) is 0 Å². The molecule has 13 nitrogen and oxygen atoms in total. The van der Waals surface area contributed by atoms with Crippen LogP contribution in [0.1, 0.15) is 98.0 Å². The number of ether oxygens (including phenoxy) is 7. The average Bonchev–Trinajstić information content (AvgIpc) is 3.42. The number of ketones is 1. The molecule has 2 heterocycles. The van der Waals surface area contributed by atoms with E-state index in [1.165, 1.54) is 13.0 Å². The van der Waals surface area contributed by atoms with E-state index in [2.05, 4.69) is 6.92 Å². The number of hydrogen-bond donors (Lipinski definition) is 4. The lowest BCUT2D eigenvalue weighted by atomic mass is 9.42. The van der Waals surface area contributed by atoms with Gasteiger partial charge in [-0.1, -0.05) is 48.9 Å². The molecular formula is C44H62O13. The molecular weight excluding hydrogens is 736 g/mol. The molecule has 4 aliphatic carbocycles. The van der Waals surface area contributed by atoms with Crippen molar-refractivity contribution in [3.05, 3.63) is 53.6 Å². The second-order valence-corrected chi connectivity index (χ2v) is 17.9. The summed E-state index contributed by atoms with van der Waals surface area (Å²) >= 11 is 0. The number of rotatable bonds is 10. The first kappa shape index (κ1) is 42.6. The standard InChI is InChI=1S/C44H62O13/c1-25-38(47)31(51-6)22-37(53-25)57-39-26(2)54-36(23-32(39)52-7)55-30-16-17-40(4)29(21-30)15-18-43(49)33(40)24-34(56-35(46)14-13-28-11-9-8-10-12-28)41(5)42(48,27(3)45)19-20-44(41,43)50/h8-15,25-26,30-34,36-39,47-50H,16-24H2,1-7H3/b14-13+/t25-,26+,30-,31-,32-,33+,34+,36-,37-,38+,39+,40-,41+,42+,43-,44+/m0/s1. The highest BCUT2D eigenvalue weighted by atomic mass is 16.7. The van der Waals surface area contributed by atoms with E-state index in [0.717, 1.165) is 11.1 Å². The summed E-state index contributed by atoms with van der Waals surface area (Å²) in [5.74, 6) is -1.75. The van der Waals surface area contributed by atoms with Crippen molar-refractivity contribution in [1.29, 1.82) is 0 Å². The first-order valence-electron chi connectivity index (χ1n) is 20.6. The van der Waals surface area contributed by atoms with Crippen molar-refractivity contribution in [3.8, 4) is 0 Å². The highest BCUT2D eigenvalue weighted by molar-refractivity contribution is 5.88. The smallest absolute Gasteiger partial charge is 0.331 e. The van der Waals surface area contributed by atoms with Crippen LogP contribution in [0.5, 0.6) is 0 Å². The molecule has 0 amide bonds. The third-order valence-electron chi connectivity index (χ3n) is 15.1.